The number of aliphatic hydroxyl groups excluding tert-OH is 2. The fourth-order valence-electron chi connectivity index (χ4n) is 0.550. The summed E-state index contributed by atoms with van der Waals surface area (Å²) < 4.78 is 0. The first-order valence-corrected chi connectivity index (χ1v) is 4.26. The number of aliphatic hydroxyl groups is 2. The minimum Gasteiger partial charge on any atom is -0.395 e. The molecule has 0 aliphatic rings. The summed E-state index contributed by atoms with van der Waals surface area (Å²) in [5.41, 5.74) is 0. The summed E-state index contributed by atoms with van der Waals surface area (Å²) in [6, 6.07) is 0. The molecule has 0 amide bonds. The third-order valence-corrected chi connectivity index (χ3v) is 2.30. The first-order valence-electron chi connectivity index (χ1n) is 3.23. The van der Waals surface area contributed by atoms with Crippen LogP contribution in [0.15, 0.2) is 0 Å². The molecule has 0 bridgehead atoms. The molecular weight excluding hydrogens is 168 g/mol. The molecule has 0 spiro atoms. The summed E-state index contributed by atoms with van der Waals surface area (Å²) in [5, 5.41) is 17.4. The maximum absolute atomic E-state index is 8.97. The molecule has 4 heteroatoms. The van der Waals surface area contributed by atoms with Gasteiger partial charge in [0.1, 0.15) is 0 Å². The Labute approximate surface area is 72.5 Å². The molecule has 62 valence electrons. The molecule has 3 atom stereocenters. The van der Waals surface area contributed by atoms with Crippen LogP contribution in [-0.2, 0) is 0 Å². The molecule has 0 aromatic carbocycles. The van der Waals surface area contributed by atoms with Crippen LogP contribution in [0.3, 0.4) is 0 Å². The molecule has 3 unspecified atom stereocenters. The molecule has 0 fully saturated rings. The molecule has 0 saturated carbocycles. The first kappa shape index (κ1) is 10.6. The molecule has 0 aromatic heterocycles. The highest BCUT2D eigenvalue weighted by Gasteiger charge is 2.13. The van der Waals surface area contributed by atoms with Gasteiger partial charge in [-0.2, -0.15) is 25.3 Å². The van der Waals surface area contributed by atoms with Gasteiger partial charge in [-0.1, -0.05) is 0 Å². The van der Waals surface area contributed by atoms with Crippen LogP contribution in [0.25, 0.3) is 0 Å². The predicted octanol–water partition coefficient (Wildman–Crippen LogP) is 0.346. The largest absolute Gasteiger partial charge is 0.395 e. The van der Waals surface area contributed by atoms with Gasteiger partial charge < -0.3 is 10.2 Å². The van der Waals surface area contributed by atoms with Crippen LogP contribution in [0.1, 0.15) is 13.3 Å². The van der Waals surface area contributed by atoms with Gasteiger partial charge in [0.2, 0.25) is 0 Å². The van der Waals surface area contributed by atoms with Gasteiger partial charge in [-0.25, -0.2) is 0 Å². The Morgan fingerprint density at radius 2 is 1.90 bits per heavy atom. The van der Waals surface area contributed by atoms with Gasteiger partial charge >= 0.3 is 0 Å². The van der Waals surface area contributed by atoms with Crippen molar-refractivity contribution in [2.45, 2.75) is 29.9 Å². The van der Waals surface area contributed by atoms with E-state index in [1.54, 1.807) is 6.92 Å². The number of thiol groups is 2. The standard InChI is InChI=1S/C6H14O2S2/c1-4(8)6(10)2-5(9)3-7/h4-10H,2-3H2,1H3. The van der Waals surface area contributed by atoms with Crippen LogP contribution >= 0.6 is 25.3 Å². The van der Waals surface area contributed by atoms with E-state index in [2.05, 4.69) is 25.3 Å². The minimum absolute atomic E-state index is 0.0346. The highest BCUT2D eigenvalue weighted by molar-refractivity contribution is 7.82. The molecule has 0 aliphatic carbocycles. The zero-order chi connectivity index (χ0) is 8.15. The van der Waals surface area contributed by atoms with Crippen molar-refractivity contribution in [3.8, 4) is 0 Å². The maximum atomic E-state index is 8.97. The third-order valence-electron chi connectivity index (χ3n) is 1.28. The zero-order valence-corrected chi connectivity index (χ0v) is 7.72. The zero-order valence-electron chi connectivity index (χ0n) is 5.94. The van der Waals surface area contributed by atoms with Crippen LogP contribution in [-0.4, -0.2) is 33.4 Å². The van der Waals surface area contributed by atoms with E-state index in [4.69, 9.17) is 10.2 Å². The molecule has 0 aromatic rings. The number of hydrogen-bond donors (Lipinski definition) is 4. The topological polar surface area (TPSA) is 40.5 Å². The quantitative estimate of drug-likeness (QED) is 0.474. The van der Waals surface area contributed by atoms with Gasteiger partial charge in [-0.15, -0.1) is 0 Å². The molecule has 2 N–H and O–H groups in total. The van der Waals surface area contributed by atoms with Gasteiger partial charge in [0.05, 0.1) is 12.7 Å². The van der Waals surface area contributed by atoms with Gasteiger partial charge in [0.15, 0.2) is 0 Å². The Bertz CT molecular complexity index is 87.8. The second kappa shape index (κ2) is 5.29. The molecule has 2 nitrogen and oxygen atoms in total. The number of hydrogen-bond acceptors (Lipinski definition) is 4. The summed E-state index contributed by atoms with van der Waals surface area (Å²) >= 11 is 8.16. The van der Waals surface area contributed by atoms with Crippen LogP contribution in [0.2, 0.25) is 0 Å². The van der Waals surface area contributed by atoms with E-state index >= 15 is 0 Å². The molecule has 0 heterocycles. The molecule has 10 heavy (non-hydrogen) atoms. The van der Waals surface area contributed by atoms with Gasteiger partial charge in [0.25, 0.3) is 0 Å². The Hall–Kier alpha value is 0.620. The van der Waals surface area contributed by atoms with Gasteiger partial charge in [-0.05, 0) is 13.3 Å². The van der Waals surface area contributed by atoms with Crippen molar-refractivity contribution in [2.24, 2.45) is 0 Å². The minimum atomic E-state index is -0.440. The molecule has 0 saturated heterocycles. The van der Waals surface area contributed by atoms with Crippen molar-refractivity contribution in [2.75, 3.05) is 6.61 Å². The molecular formula is C6H14O2S2. The van der Waals surface area contributed by atoms with Crippen molar-refractivity contribution in [1.82, 2.24) is 0 Å². The first-order chi connectivity index (χ1) is 4.57. The Morgan fingerprint density at radius 3 is 2.20 bits per heavy atom. The van der Waals surface area contributed by atoms with Crippen LogP contribution in [0, 0.1) is 0 Å². The van der Waals surface area contributed by atoms with E-state index < -0.39 is 6.10 Å². The lowest BCUT2D eigenvalue weighted by molar-refractivity contribution is 0.184. The molecule has 0 rings (SSSR count). The summed E-state index contributed by atoms with van der Waals surface area (Å²) in [6.45, 7) is 1.71. The fraction of sp³-hybridized carbons (Fsp3) is 1.00. The smallest absolute Gasteiger partial charge is 0.0628 e. The van der Waals surface area contributed by atoms with E-state index in [-0.39, 0.29) is 17.1 Å². The van der Waals surface area contributed by atoms with Crippen LogP contribution in [0.5, 0.6) is 0 Å². The average molecular weight is 182 g/mol. The summed E-state index contributed by atoms with van der Waals surface area (Å²) in [5.74, 6) is 0. The van der Waals surface area contributed by atoms with E-state index in [0.29, 0.717) is 6.42 Å². The summed E-state index contributed by atoms with van der Waals surface area (Å²) in [6.07, 6.45) is 0.185. The van der Waals surface area contributed by atoms with Crippen molar-refractivity contribution in [3.63, 3.8) is 0 Å². The van der Waals surface area contributed by atoms with Crippen LogP contribution in [0.4, 0.5) is 0 Å². The Balaban J connectivity index is 3.46. The van der Waals surface area contributed by atoms with Crippen molar-refractivity contribution < 1.29 is 10.2 Å². The highest BCUT2D eigenvalue weighted by Crippen LogP contribution is 2.12. The lowest BCUT2D eigenvalue weighted by Crippen LogP contribution is -2.22. The average Bonchev–Trinajstić information content (AvgIpc) is 1.87. The SMILES string of the molecule is CC(O)C(S)CC(S)CO. The van der Waals surface area contributed by atoms with E-state index in [1.165, 1.54) is 0 Å². The van der Waals surface area contributed by atoms with Crippen LogP contribution < -0.4 is 0 Å². The van der Waals surface area contributed by atoms with Gasteiger partial charge in [0, 0.05) is 10.5 Å². The molecule has 0 radical (unpaired) electrons. The highest BCUT2D eigenvalue weighted by atomic mass is 32.1. The summed E-state index contributed by atoms with van der Waals surface area (Å²) in [7, 11) is 0. The molecule has 0 aliphatic heterocycles. The second-order valence-corrected chi connectivity index (χ2v) is 3.77. The monoisotopic (exact) mass is 182 g/mol. The Kier molecular flexibility index (Phi) is 5.62. The maximum Gasteiger partial charge on any atom is 0.0628 e. The normalized spacial score (nSPS) is 20.1. The summed E-state index contributed by atoms with van der Waals surface area (Å²) in [4.78, 5) is 0. The van der Waals surface area contributed by atoms with E-state index in [0.717, 1.165) is 0 Å². The fourth-order valence-corrected chi connectivity index (χ4v) is 1.20. The van der Waals surface area contributed by atoms with Crippen molar-refractivity contribution in [3.05, 3.63) is 0 Å². The number of rotatable bonds is 4. The van der Waals surface area contributed by atoms with E-state index in [1.807, 2.05) is 0 Å². The Morgan fingerprint density at radius 1 is 1.40 bits per heavy atom. The van der Waals surface area contributed by atoms with Crippen molar-refractivity contribution >= 4 is 25.3 Å². The van der Waals surface area contributed by atoms with Gasteiger partial charge in [-0.3, -0.25) is 0 Å². The van der Waals surface area contributed by atoms with E-state index in [9.17, 15) is 0 Å². The lowest BCUT2D eigenvalue weighted by Gasteiger charge is -2.16. The predicted molar refractivity (Wildman–Crippen MR) is 48.9 cm³/mol. The second-order valence-electron chi connectivity index (χ2n) is 2.38. The lowest BCUT2D eigenvalue weighted by atomic mass is 10.1. The van der Waals surface area contributed by atoms with Crippen molar-refractivity contribution in [1.29, 1.82) is 0 Å². The third kappa shape index (κ3) is 4.44.